The molecule has 20 heavy (non-hydrogen) atoms. The van der Waals surface area contributed by atoms with Crippen LogP contribution in [-0.2, 0) is 19.5 Å². The number of fused-ring (bicyclic) bond motifs is 1. The summed E-state index contributed by atoms with van der Waals surface area (Å²) in [6.07, 6.45) is 0.971. The fraction of sp³-hybridized carbons (Fsp3) is 0.250. The standard InChI is InChI=1S/C16H16BrFN2/c17-13-5-4-12(15(18)8-13)9-20-7-6-11-2-1-3-16(19)14(11)10-20/h1-5,8H,6-7,9-10,19H2. The van der Waals surface area contributed by atoms with E-state index in [0.29, 0.717) is 6.54 Å². The average molecular weight is 335 g/mol. The lowest BCUT2D eigenvalue weighted by Gasteiger charge is -2.29. The van der Waals surface area contributed by atoms with Gasteiger partial charge >= 0.3 is 0 Å². The van der Waals surface area contributed by atoms with E-state index in [1.807, 2.05) is 24.3 Å². The monoisotopic (exact) mass is 334 g/mol. The van der Waals surface area contributed by atoms with Crippen LogP contribution in [0.1, 0.15) is 16.7 Å². The van der Waals surface area contributed by atoms with E-state index in [1.165, 1.54) is 17.2 Å². The van der Waals surface area contributed by atoms with Crippen LogP contribution in [0.2, 0.25) is 0 Å². The summed E-state index contributed by atoms with van der Waals surface area (Å²) in [4.78, 5) is 2.24. The largest absolute Gasteiger partial charge is 0.398 e. The van der Waals surface area contributed by atoms with Gasteiger partial charge in [-0.1, -0.05) is 34.1 Å². The molecule has 1 heterocycles. The lowest BCUT2D eigenvalue weighted by Crippen LogP contribution is -2.30. The van der Waals surface area contributed by atoms with Crippen molar-refractivity contribution in [1.82, 2.24) is 4.90 Å². The molecule has 2 aromatic carbocycles. The van der Waals surface area contributed by atoms with E-state index in [9.17, 15) is 4.39 Å². The predicted octanol–water partition coefficient (Wildman–Crippen LogP) is 3.73. The van der Waals surface area contributed by atoms with E-state index < -0.39 is 0 Å². The molecule has 2 aromatic rings. The second-order valence-corrected chi connectivity index (χ2v) is 6.10. The number of nitrogens with zero attached hydrogens (tertiary/aromatic N) is 1. The maximum atomic E-state index is 13.9. The van der Waals surface area contributed by atoms with E-state index in [0.717, 1.165) is 35.2 Å². The molecule has 0 unspecified atom stereocenters. The number of nitrogen functional groups attached to an aromatic ring is 1. The van der Waals surface area contributed by atoms with Crippen molar-refractivity contribution in [3.63, 3.8) is 0 Å². The fourth-order valence-corrected chi connectivity index (χ4v) is 3.02. The van der Waals surface area contributed by atoms with Crippen molar-refractivity contribution in [2.75, 3.05) is 12.3 Å². The van der Waals surface area contributed by atoms with Crippen LogP contribution >= 0.6 is 15.9 Å². The Kier molecular flexibility index (Phi) is 3.76. The van der Waals surface area contributed by atoms with Gasteiger partial charge in [-0.05, 0) is 35.7 Å². The minimum Gasteiger partial charge on any atom is -0.398 e. The molecule has 0 fully saturated rings. The highest BCUT2D eigenvalue weighted by atomic mass is 79.9. The van der Waals surface area contributed by atoms with Gasteiger partial charge in [-0.25, -0.2) is 4.39 Å². The van der Waals surface area contributed by atoms with Crippen molar-refractivity contribution in [1.29, 1.82) is 0 Å². The molecule has 4 heteroatoms. The zero-order valence-electron chi connectivity index (χ0n) is 11.1. The van der Waals surface area contributed by atoms with Crippen molar-refractivity contribution < 1.29 is 4.39 Å². The summed E-state index contributed by atoms with van der Waals surface area (Å²) in [5, 5.41) is 0. The van der Waals surface area contributed by atoms with E-state index in [2.05, 4.69) is 26.9 Å². The third-order valence-corrected chi connectivity index (χ3v) is 4.29. The van der Waals surface area contributed by atoms with E-state index in [4.69, 9.17) is 5.73 Å². The van der Waals surface area contributed by atoms with Gasteiger partial charge in [-0.3, -0.25) is 4.90 Å². The van der Waals surface area contributed by atoms with Gasteiger partial charge in [-0.2, -0.15) is 0 Å². The summed E-state index contributed by atoms with van der Waals surface area (Å²) in [5.41, 5.74) is 10.1. The van der Waals surface area contributed by atoms with Gasteiger partial charge < -0.3 is 5.73 Å². The summed E-state index contributed by atoms with van der Waals surface area (Å²) in [6, 6.07) is 11.3. The first kappa shape index (κ1) is 13.6. The first-order chi connectivity index (χ1) is 9.63. The summed E-state index contributed by atoms with van der Waals surface area (Å²) in [7, 11) is 0. The Hall–Kier alpha value is -1.39. The van der Waals surface area contributed by atoms with Crippen molar-refractivity contribution in [2.45, 2.75) is 19.5 Å². The molecule has 2 N–H and O–H groups in total. The summed E-state index contributed by atoms with van der Waals surface area (Å²) in [5.74, 6) is -0.161. The number of hydrogen-bond donors (Lipinski definition) is 1. The topological polar surface area (TPSA) is 29.3 Å². The van der Waals surface area contributed by atoms with Crippen molar-refractivity contribution >= 4 is 21.6 Å². The Morgan fingerprint density at radius 3 is 2.90 bits per heavy atom. The van der Waals surface area contributed by atoms with Crippen LogP contribution in [0.15, 0.2) is 40.9 Å². The minimum absolute atomic E-state index is 0.161. The van der Waals surface area contributed by atoms with Crippen LogP contribution in [0.5, 0.6) is 0 Å². The molecular formula is C16H16BrFN2. The number of anilines is 1. The van der Waals surface area contributed by atoms with Crippen LogP contribution in [0, 0.1) is 5.82 Å². The van der Waals surface area contributed by atoms with Gasteiger partial charge in [0.25, 0.3) is 0 Å². The van der Waals surface area contributed by atoms with Gasteiger partial charge in [-0.15, -0.1) is 0 Å². The summed E-state index contributed by atoms with van der Waals surface area (Å²) < 4.78 is 14.7. The molecule has 0 saturated carbocycles. The molecule has 0 amide bonds. The third kappa shape index (κ3) is 2.72. The first-order valence-corrected chi connectivity index (χ1v) is 7.45. The van der Waals surface area contributed by atoms with E-state index in [-0.39, 0.29) is 5.82 Å². The summed E-state index contributed by atoms with van der Waals surface area (Å²) in [6.45, 7) is 2.34. The normalized spacial score (nSPS) is 15.1. The molecule has 0 aromatic heterocycles. The van der Waals surface area contributed by atoms with Crippen LogP contribution < -0.4 is 5.73 Å². The highest BCUT2D eigenvalue weighted by Gasteiger charge is 2.19. The lowest BCUT2D eigenvalue weighted by atomic mass is 9.98. The van der Waals surface area contributed by atoms with Crippen LogP contribution in [-0.4, -0.2) is 11.4 Å². The van der Waals surface area contributed by atoms with Gasteiger partial charge in [0.15, 0.2) is 0 Å². The maximum Gasteiger partial charge on any atom is 0.128 e. The number of hydrogen-bond acceptors (Lipinski definition) is 2. The first-order valence-electron chi connectivity index (χ1n) is 6.66. The molecule has 2 nitrogen and oxygen atoms in total. The van der Waals surface area contributed by atoms with Gasteiger partial charge in [0, 0.05) is 35.4 Å². The van der Waals surface area contributed by atoms with Crippen molar-refractivity contribution in [3.05, 3.63) is 63.4 Å². The Bertz CT molecular complexity index is 642. The van der Waals surface area contributed by atoms with Gasteiger partial charge in [0.2, 0.25) is 0 Å². The van der Waals surface area contributed by atoms with Crippen LogP contribution in [0.3, 0.4) is 0 Å². The predicted molar refractivity (Wildman–Crippen MR) is 82.8 cm³/mol. The van der Waals surface area contributed by atoms with Crippen molar-refractivity contribution in [2.24, 2.45) is 0 Å². The average Bonchev–Trinajstić information content (AvgIpc) is 2.43. The number of benzene rings is 2. The zero-order chi connectivity index (χ0) is 14.1. The number of halogens is 2. The molecule has 104 valence electrons. The zero-order valence-corrected chi connectivity index (χ0v) is 12.7. The number of nitrogens with two attached hydrogens (primary N) is 1. The second-order valence-electron chi connectivity index (χ2n) is 5.18. The third-order valence-electron chi connectivity index (χ3n) is 3.80. The van der Waals surface area contributed by atoms with Gasteiger partial charge in [0.05, 0.1) is 0 Å². The molecule has 0 atom stereocenters. The molecule has 0 bridgehead atoms. The molecule has 3 rings (SSSR count). The Balaban J connectivity index is 1.79. The molecule has 0 saturated heterocycles. The number of rotatable bonds is 2. The van der Waals surface area contributed by atoms with Crippen LogP contribution in [0.4, 0.5) is 10.1 Å². The summed E-state index contributed by atoms with van der Waals surface area (Å²) >= 11 is 3.28. The smallest absolute Gasteiger partial charge is 0.128 e. The van der Waals surface area contributed by atoms with Crippen LogP contribution in [0.25, 0.3) is 0 Å². The molecular weight excluding hydrogens is 319 g/mol. The maximum absolute atomic E-state index is 13.9. The lowest BCUT2D eigenvalue weighted by molar-refractivity contribution is 0.243. The SMILES string of the molecule is Nc1cccc2c1CN(Cc1ccc(Br)cc1F)CC2. The molecule has 0 aliphatic carbocycles. The Morgan fingerprint density at radius 2 is 2.10 bits per heavy atom. The minimum atomic E-state index is -0.161. The molecule has 0 radical (unpaired) electrons. The quantitative estimate of drug-likeness (QED) is 0.848. The highest BCUT2D eigenvalue weighted by molar-refractivity contribution is 9.10. The Morgan fingerprint density at radius 1 is 1.25 bits per heavy atom. The van der Waals surface area contributed by atoms with Crippen molar-refractivity contribution in [3.8, 4) is 0 Å². The van der Waals surface area contributed by atoms with Gasteiger partial charge in [0.1, 0.15) is 5.82 Å². The van der Waals surface area contributed by atoms with E-state index in [1.54, 1.807) is 0 Å². The molecule has 0 spiro atoms. The van der Waals surface area contributed by atoms with E-state index >= 15 is 0 Å². The highest BCUT2D eigenvalue weighted by Crippen LogP contribution is 2.26. The Labute approximate surface area is 126 Å². The molecule has 1 aliphatic heterocycles. The molecule has 1 aliphatic rings. The second kappa shape index (κ2) is 5.54. The fourth-order valence-electron chi connectivity index (χ4n) is 2.69.